The highest BCUT2D eigenvalue weighted by Gasteiger charge is 2.55. The Morgan fingerprint density at radius 3 is 3.04 bits per heavy atom. The molecule has 2 atom stereocenters. The molecule has 3 fully saturated rings. The first kappa shape index (κ1) is 16.2. The average Bonchev–Trinajstić information content (AvgIpc) is 3.41. The monoisotopic (exact) mass is 355 g/mol. The van der Waals surface area contributed by atoms with Gasteiger partial charge in [0, 0.05) is 44.7 Å². The molecule has 2 unspecified atom stereocenters. The topological polar surface area (TPSA) is 83.3 Å². The molecule has 2 N–H and O–H groups in total. The molecule has 2 aromatic rings. The number of likely N-dealkylation sites (tertiary alicyclic amines) is 1. The van der Waals surface area contributed by atoms with E-state index >= 15 is 0 Å². The highest BCUT2D eigenvalue weighted by atomic mass is 16.6. The second kappa shape index (κ2) is 6.32. The van der Waals surface area contributed by atoms with Crippen LogP contribution in [0.2, 0.25) is 0 Å². The van der Waals surface area contributed by atoms with Gasteiger partial charge in [-0.3, -0.25) is 9.69 Å². The summed E-state index contributed by atoms with van der Waals surface area (Å²) < 4.78 is 4.74. The molecule has 7 nitrogen and oxygen atoms in total. The van der Waals surface area contributed by atoms with Gasteiger partial charge in [0.2, 0.25) is 5.91 Å². The zero-order chi connectivity index (χ0) is 17.6. The fourth-order valence-electron chi connectivity index (χ4n) is 5.12. The van der Waals surface area contributed by atoms with Gasteiger partial charge in [0.05, 0.1) is 5.41 Å². The van der Waals surface area contributed by atoms with Crippen molar-refractivity contribution in [2.45, 2.75) is 38.3 Å². The number of amides is 1. The van der Waals surface area contributed by atoms with Crippen LogP contribution in [0.3, 0.4) is 0 Å². The molecule has 1 saturated carbocycles. The van der Waals surface area contributed by atoms with Crippen molar-refractivity contribution < 1.29 is 9.42 Å². The maximum atomic E-state index is 13.2. The van der Waals surface area contributed by atoms with Crippen LogP contribution in [0.5, 0.6) is 0 Å². The molecule has 7 heteroatoms. The normalized spacial score (nSPS) is 29.5. The van der Waals surface area contributed by atoms with E-state index in [1.165, 1.54) is 25.7 Å². The third-order valence-corrected chi connectivity index (χ3v) is 6.62. The van der Waals surface area contributed by atoms with Crippen LogP contribution in [-0.2, 0) is 11.3 Å². The van der Waals surface area contributed by atoms with Crippen molar-refractivity contribution in [2.75, 3.05) is 26.2 Å². The number of hydrogen-bond acceptors (Lipinski definition) is 6. The maximum absolute atomic E-state index is 13.2. The molecule has 2 saturated heterocycles. The molecule has 1 aliphatic carbocycles. The van der Waals surface area contributed by atoms with Crippen molar-refractivity contribution in [1.82, 2.24) is 25.8 Å². The predicted octanol–water partition coefficient (Wildman–Crippen LogP) is 1.30. The van der Waals surface area contributed by atoms with Crippen molar-refractivity contribution in [3.63, 3.8) is 0 Å². The fourth-order valence-corrected chi connectivity index (χ4v) is 5.12. The molecule has 1 amide bonds. The van der Waals surface area contributed by atoms with Gasteiger partial charge >= 0.3 is 0 Å². The first-order chi connectivity index (χ1) is 12.7. The molecule has 0 bridgehead atoms. The quantitative estimate of drug-likeness (QED) is 0.860. The summed E-state index contributed by atoms with van der Waals surface area (Å²) in [5.41, 5.74) is 2.21. The largest absolute Gasteiger partial charge is 0.351 e. The molecule has 1 aromatic carbocycles. The minimum absolute atomic E-state index is 0.186. The predicted molar refractivity (Wildman–Crippen MR) is 96.3 cm³/mol. The molecule has 5 rings (SSSR count). The Bertz CT molecular complexity index is 815. The molecule has 3 aliphatic rings. The summed E-state index contributed by atoms with van der Waals surface area (Å²) in [6.07, 6.45) is 5.26. The number of aromatic nitrogens is 2. The zero-order valence-electron chi connectivity index (χ0n) is 14.9. The van der Waals surface area contributed by atoms with E-state index in [-0.39, 0.29) is 11.3 Å². The fraction of sp³-hybridized carbons (Fsp3) is 0.632. The van der Waals surface area contributed by atoms with Crippen LogP contribution in [0.25, 0.3) is 11.0 Å². The summed E-state index contributed by atoms with van der Waals surface area (Å²) in [6, 6.07) is 6.46. The lowest BCUT2D eigenvalue weighted by Gasteiger charge is -2.29. The van der Waals surface area contributed by atoms with Crippen LogP contribution in [-0.4, -0.2) is 53.3 Å². The first-order valence-electron chi connectivity index (χ1n) is 9.69. The van der Waals surface area contributed by atoms with E-state index in [1.54, 1.807) is 0 Å². The van der Waals surface area contributed by atoms with Gasteiger partial charge in [-0.25, -0.2) is 4.63 Å². The Balaban J connectivity index is 1.28. The van der Waals surface area contributed by atoms with Gasteiger partial charge in [0.1, 0.15) is 11.0 Å². The van der Waals surface area contributed by atoms with Gasteiger partial charge in [-0.05, 0) is 40.9 Å². The first-order valence-corrected chi connectivity index (χ1v) is 9.69. The Labute approximate surface area is 152 Å². The molecular formula is C19H25N5O2. The Kier molecular flexibility index (Phi) is 3.94. The SMILES string of the molecule is O=C(NCc1ccc2nonc2c1)C12CNCC1CN(C1CCCC1)C2. The third-order valence-electron chi connectivity index (χ3n) is 6.62. The van der Waals surface area contributed by atoms with E-state index in [0.29, 0.717) is 18.5 Å². The van der Waals surface area contributed by atoms with Gasteiger partial charge in [0.25, 0.3) is 0 Å². The zero-order valence-corrected chi connectivity index (χ0v) is 14.9. The number of nitrogens with one attached hydrogen (secondary N) is 2. The lowest BCUT2D eigenvalue weighted by Crippen LogP contribution is -2.47. The molecule has 0 radical (unpaired) electrons. The summed E-state index contributed by atoms with van der Waals surface area (Å²) >= 11 is 0. The number of carbonyl (C=O) groups excluding carboxylic acids is 1. The van der Waals surface area contributed by atoms with Gasteiger partial charge < -0.3 is 10.6 Å². The van der Waals surface area contributed by atoms with Crippen molar-refractivity contribution >= 4 is 16.9 Å². The standard InChI is InChI=1S/C19H25N5O2/c25-18(21-8-13-5-6-16-17(7-13)23-26-22-16)19-11-20-9-14(19)10-24(12-19)15-3-1-2-4-15/h5-7,14-15,20H,1-4,8-12H2,(H,21,25). The highest BCUT2D eigenvalue weighted by molar-refractivity contribution is 5.84. The van der Waals surface area contributed by atoms with E-state index in [2.05, 4.69) is 25.8 Å². The lowest BCUT2D eigenvalue weighted by atomic mass is 9.80. The van der Waals surface area contributed by atoms with Crippen LogP contribution >= 0.6 is 0 Å². The molecule has 2 aliphatic heterocycles. The van der Waals surface area contributed by atoms with Crippen LogP contribution in [0, 0.1) is 11.3 Å². The highest BCUT2D eigenvalue weighted by Crippen LogP contribution is 2.42. The number of fused-ring (bicyclic) bond motifs is 2. The second-order valence-corrected chi connectivity index (χ2v) is 8.12. The average molecular weight is 355 g/mol. The molecule has 1 aromatic heterocycles. The van der Waals surface area contributed by atoms with Crippen LogP contribution < -0.4 is 10.6 Å². The number of carbonyl (C=O) groups is 1. The van der Waals surface area contributed by atoms with E-state index in [4.69, 9.17) is 4.63 Å². The summed E-state index contributed by atoms with van der Waals surface area (Å²) in [4.78, 5) is 15.8. The molecule has 26 heavy (non-hydrogen) atoms. The minimum atomic E-state index is -0.276. The van der Waals surface area contributed by atoms with Crippen molar-refractivity contribution in [3.8, 4) is 0 Å². The maximum Gasteiger partial charge on any atom is 0.229 e. The Hall–Kier alpha value is -1.99. The third kappa shape index (κ3) is 2.61. The van der Waals surface area contributed by atoms with Crippen LogP contribution in [0.4, 0.5) is 0 Å². The van der Waals surface area contributed by atoms with Crippen molar-refractivity contribution in [3.05, 3.63) is 23.8 Å². The molecule has 3 heterocycles. The van der Waals surface area contributed by atoms with Crippen LogP contribution in [0.1, 0.15) is 31.2 Å². The number of nitrogens with zero attached hydrogens (tertiary/aromatic N) is 3. The summed E-state index contributed by atoms with van der Waals surface area (Å²) in [5, 5.41) is 14.3. The van der Waals surface area contributed by atoms with Gasteiger partial charge in [-0.2, -0.15) is 0 Å². The number of benzene rings is 1. The smallest absolute Gasteiger partial charge is 0.229 e. The Morgan fingerprint density at radius 2 is 2.15 bits per heavy atom. The lowest BCUT2D eigenvalue weighted by molar-refractivity contribution is -0.131. The van der Waals surface area contributed by atoms with Crippen molar-refractivity contribution in [2.24, 2.45) is 11.3 Å². The van der Waals surface area contributed by atoms with Crippen molar-refractivity contribution in [1.29, 1.82) is 0 Å². The van der Waals surface area contributed by atoms with E-state index < -0.39 is 0 Å². The second-order valence-electron chi connectivity index (χ2n) is 8.12. The minimum Gasteiger partial charge on any atom is -0.351 e. The van der Waals surface area contributed by atoms with Gasteiger partial charge in [0.15, 0.2) is 0 Å². The number of rotatable bonds is 4. The van der Waals surface area contributed by atoms with Gasteiger partial charge in [-0.15, -0.1) is 0 Å². The van der Waals surface area contributed by atoms with Gasteiger partial charge in [-0.1, -0.05) is 18.9 Å². The summed E-state index contributed by atoms with van der Waals surface area (Å²) in [7, 11) is 0. The Morgan fingerprint density at radius 1 is 1.31 bits per heavy atom. The molecular weight excluding hydrogens is 330 g/mol. The summed E-state index contributed by atoms with van der Waals surface area (Å²) in [5.74, 6) is 0.608. The molecule has 138 valence electrons. The summed E-state index contributed by atoms with van der Waals surface area (Å²) in [6.45, 7) is 4.21. The van der Waals surface area contributed by atoms with E-state index in [9.17, 15) is 4.79 Å². The molecule has 0 spiro atoms. The van der Waals surface area contributed by atoms with E-state index in [0.717, 1.165) is 42.8 Å². The number of hydrogen-bond donors (Lipinski definition) is 2. The van der Waals surface area contributed by atoms with E-state index in [1.807, 2.05) is 18.2 Å². The van der Waals surface area contributed by atoms with Crippen LogP contribution in [0.15, 0.2) is 22.8 Å².